The van der Waals surface area contributed by atoms with E-state index in [4.69, 9.17) is 14.4 Å². The number of hydrogen-bond donors (Lipinski definition) is 0. The third-order valence-electron chi connectivity index (χ3n) is 4.00. The Labute approximate surface area is 160 Å². The van der Waals surface area contributed by atoms with Gasteiger partial charge in [-0.2, -0.15) is 10.5 Å². The molecule has 2 aromatic carbocycles. The van der Waals surface area contributed by atoms with Crippen molar-refractivity contribution in [1.82, 2.24) is 0 Å². The second kappa shape index (κ2) is 7.90. The molecule has 0 aliphatic heterocycles. The average Bonchev–Trinajstić information content (AvgIpc) is 3.19. The number of allylic oxidation sites excluding steroid dienone is 1. The highest BCUT2D eigenvalue weighted by Gasteiger charge is 2.19. The van der Waals surface area contributed by atoms with Crippen molar-refractivity contribution in [3.63, 3.8) is 0 Å². The molecule has 1 aromatic heterocycles. The fraction of sp³-hybridized carbons (Fsp3) is 0.0476. The highest BCUT2D eigenvalue weighted by Crippen LogP contribution is 2.34. The Kier molecular flexibility index (Phi) is 5.20. The number of methoxy groups -OCH3 is 1. The van der Waals surface area contributed by atoms with Gasteiger partial charge in [-0.1, -0.05) is 12.1 Å². The van der Waals surface area contributed by atoms with Crippen molar-refractivity contribution < 1.29 is 14.1 Å². The Morgan fingerprint density at radius 1 is 1.18 bits per heavy atom. The molecule has 7 heteroatoms. The van der Waals surface area contributed by atoms with Crippen LogP contribution in [-0.2, 0) is 0 Å². The van der Waals surface area contributed by atoms with Gasteiger partial charge in [-0.15, -0.1) is 0 Å². The third kappa shape index (κ3) is 3.74. The fourth-order valence-corrected chi connectivity index (χ4v) is 2.65. The van der Waals surface area contributed by atoms with Crippen LogP contribution >= 0.6 is 0 Å². The van der Waals surface area contributed by atoms with Crippen molar-refractivity contribution in [3.05, 3.63) is 81.6 Å². The van der Waals surface area contributed by atoms with E-state index in [1.807, 2.05) is 6.07 Å². The molecule has 3 aromatic rings. The number of nitriles is 2. The maximum atomic E-state index is 11.4. The molecule has 0 aliphatic carbocycles. The zero-order valence-corrected chi connectivity index (χ0v) is 14.7. The maximum Gasteiger partial charge on any atom is 0.284 e. The van der Waals surface area contributed by atoms with Gasteiger partial charge >= 0.3 is 0 Å². The zero-order chi connectivity index (χ0) is 20.1. The number of ether oxygens (including phenoxy) is 1. The van der Waals surface area contributed by atoms with E-state index < -0.39 is 4.92 Å². The minimum Gasteiger partial charge on any atom is -0.497 e. The second-order valence-electron chi connectivity index (χ2n) is 5.70. The van der Waals surface area contributed by atoms with Crippen LogP contribution in [0.1, 0.15) is 16.9 Å². The molecular weight excluding hydrogens is 358 g/mol. The molecule has 3 rings (SSSR count). The summed E-state index contributed by atoms with van der Waals surface area (Å²) >= 11 is 0. The summed E-state index contributed by atoms with van der Waals surface area (Å²) in [6.45, 7) is 0. The Hall–Kier alpha value is -4.36. The number of nitrogens with zero attached hydrogens (tertiary/aromatic N) is 3. The maximum absolute atomic E-state index is 11.4. The van der Waals surface area contributed by atoms with Crippen LogP contribution in [0.15, 0.2) is 59.0 Å². The molecule has 136 valence electrons. The van der Waals surface area contributed by atoms with Gasteiger partial charge in [-0.05, 0) is 48.0 Å². The van der Waals surface area contributed by atoms with Crippen molar-refractivity contribution in [2.75, 3.05) is 7.11 Å². The Bertz CT molecular complexity index is 1160. The Morgan fingerprint density at radius 2 is 2.00 bits per heavy atom. The molecule has 0 atom stereocenters. The number of hydrogen-bond acceptors (Lipinski definition) is 6. The lowest BCUT2D eigenvalue weighted by Crippen LogP contribution is -1.93. The van der Waals surface area contributed by atoms with Crippen LogP contribution in [-0.4, -0.2) is 12.0 Å². The lowest BCUT2D eigenvalue weighted by Gasteiger charge is -2.03. The third-order valence-corrected chi connectivity index (χ3v) is 4.00. The average molecular weight is 371 g/mol. The van der Waals surface area contributed by atoms with Gasteiger partial charge < -0.3 is 9.15 Å². The summed E-state index contributed by atoms with van der Waals surface area (Å²) in [5.74, 6) is 1.02. The van der Waals surface area contributed by atoms with Gasteiger partial charge in [0.25, 0.3) is 5.69 Å². The summed E-state index contributed by atoms with van der Waals surface area (Å²) in [4.78, 5) is 10.9. The van der Waals surface area contributed by atoms with Crippen molar-refractivity contribution >= 4 is 17.3 Å². The van der Waals surface area contributed by atoms with Crippen LogP contribution in [0.5, 0.6) is 5.75 Å². The molecule has 1 heterocycles. The molecule has 0 spiro atoms. The second-order valence-corrected chi connectivity index (χ2v) is 5.70. The lowest BCUT2D eigenvalue weighted by atomic mass is 10.0. The number of rotatable bonds is 5. The van der Waals surface area contributed by atoms with Crippen LogP contribution in [0.25, 0.3) is 23.0 Å². The summed E-state index contributed by atoms with van der Waals surface area (Å²) in [6, 6.07) is 18.5. The van der Waals surface area contributed by atoms with Crippen LogP contribution in [0, 0.1) is 32.8 Å². The standard InChI is InChI=1S/C21H13N3O4/c1-27-17-5-7-19(20(11-17)24(25)26)21-8-6-18(28-21)10-16(13-23)15-4-2-3-14(9-15)12-22/h2-11H,1H3. The molecule has 0 fully saturated rings. The minimum atomic E-state index is -0.510. The molecule has 0 unspecified atom stereocenters. The summed E-state index contributed by atoms with van der Waals surface area (Å²) in [6.07, 6.45) is 1.52. The number of benzene rings is 2. The van der Waals surface area contributed by atoms with Crippen molar-refractivity contribution in [1.29, 1.82) is 10.5 Å². The van der Waals surface area contributed by atoms with E-state index in [0.717, 1.165) is 0 Å². The topological polar surface area (TPSA) is 113 Å². The van der Waals surface area contributed by atoms with Crippen LogP contribution in [0.2, 0.25) is 0 Å². The summed E-state index contributed by atoms with van der Waals surface area (Å²) in [7, 11) is 1.43. The van der Waals surface area contributed by atoms with Crippen molar-refractivity contribution in [2.45, 2.75) is 0 Å². The van der Waals surface area contributed by atoms with Gasteiger partial charge in [-0.3, -0.25) is 10.1 Å². The van der Waals surface area contributed by atoms with Gasteiger partial charge in [0.15, 0.2) is 0 Å². The van der Waals surface area contributed by atoms with Crippen molar-refractivity contribution in [2.24, 2.45) is 0 Å². The minimum absolute atomic E-state index is 0.147. The molecular formula is C21H13N3O4. The molecule has 0 saturated heterocycles. The highest BCUT2D eigenvalue weighted by atomic mass is 16.6. The first kappa shape index (κ1) is 18.4. The van der Waals surface area contributed by atoms with E-state index in [9.17, 15) is 15.4 Å². The highest BCUT2D eigenvalue weighted by molar-refractivity contribution is 5.89. The van der Waals surface area contributed by atoms with Crippen molar-refractivity contribution in [3.8, 4) is 29.2 Å². The quantitative estimate of drug-likeness (QED) is 0.362. The Balaban J connectivity index is 2.00. The van der Waals surface area contributed by atoms with Gasteiger partial charge in [0, 0.05) is 0 Å². The number of furan rings is 1. The number of nitro groups is 1. The summed E-state index contributed by atoms with van der Waals surface area (Å²) in [5.41, 5.74) is 1.48. The predicted molar refractivity (Wildman–Crippen MR) is 102 cm³/mol. The van der Waals surface area contributed by atoms with Gasteiger partial charge in [0.1, 0.15) is 17.3 Å². The largest absolute Gasteiger partial charge is 0.497 e. The first-order valence-electron chi connectivity index (χ1n) is 8.10. The smallest absolute Gasteiger partial charge is 0.284 e. The molecule has 0 radical (unpaired) electrons. The fourth-order valence-electron chi connectivity index (χ4n) is 2.65. The number of nitro benzene ring substituents is 1. The first-order valence-corrected chi connectivity index (χ1v) is 8.10. The monoisotopic (exact) mass is 371 g/mol. The Morgan fingerprint density at radius 3 is 2.68 bits per heavy atom. The molecule has 0 N–H and O–H groups in total. The van der Waals surface area contributed by atoms with E-state index in [0.29, 0.717) is 39.5 Å². The predicted octanol–water partition coefficient (Wildman–Crippen LogP) is 4.80. The lowest BCUT2D eigenvalue weighted by molar-refractivity contribution is -0.384. The molecule has 0 amide bonds. The summed E-state index contributed by atoms with van der Waals surface area (Å²) < 4.78 is 10.7. The first-order chi connectivity index (χ1) is 13.5. The van der Waals surface area contributed by atoms with Gasteiger partial charge in [0.05, 0.1) is 46.9 Å². The van der Waals surface area contributed by atoms with Gasteiger partial charge in [-0.25, -0.2) is 0 Å². The molecule has 0 saturated carbocycles. The molecule has 28 heavy (non-hydrogen) atoms. The van der Waals surface area contributed by atoms with Crippen LogP contribution < -0.4 is 4.74 Å². The SMILES string of the molecule is COc1ccc(-c2ccc(C=C(C#N)c3cccc(C#N)c3)o2)c([N+](=O)[O-])c1. The molecule has 7 nitrogen and oxygen atoms in total. The van der Waals surface area contributed by atoms with Gasteiger partial charge in [0.2, 0.25) is 0 Å². The van der Waals surface area contributed by atoms with E-state index in [1.54, 1.807) is 48.5 Å². The molecule has 0 bridgehead atoms. The summed E-state index contributed by atoms with van der Waals surface area (Å²) in [5, 5.41) is 29.8. The van der Waals surface area contributed by atoms with E-state index >= 15 is 0 Å². The van der Waals surface area contributed by atoms with E-state index in [2.05, 4.69) is 6.07 Å². The van der Waals surface area contributed by atoms with Crippen LogP contribution in [0.4, 0.5) is 5.69 Å². The van der Waals surface area contributed by atoms with E-state index in [1.165, 1.54) is 19.3 Å². The molecule has 0 aliphatic rings. The van der Waals surface area contributed by atoms with Crippen LogP contribution in [0.3, 0.4) is 0 Å². The van der Waals surface area contributed by atoms with E-state index in [-0.39, 0.29) is 5.69 Å². The zero-order valence-electron chi connectivity index (χ0n) is 14.7. The normalized spacial score (nSPS) is 10.8.